The predicted octanol–water partition coefficient (Wildman–Crippen LogP) is 3.79. The Morgan fingerprint density at radius 3 is 2.59 bits per heavy atom. The van der Waals surface area contributed by atoms with E-state index >= 15 is 0 Å². The third kappa shape index (κ3) is 4.01. The van der Waals surface area contributed by atoms with Crippen LogP contribution >= 0.6 is 0 Å². The summed E-state index contributed by atoms with van der Waals surface area (Å²) in [5, 5.41) is 3.54. The highest BCUT2D eigenvalue weighted by molar-refractivity contribution is 5.63. The molecule has 1 saturated carbocycles. The largest absolute Gasteiger partial charge is 0.314 e. The van der Waals surface area contributed by atoms with Crippen LogP contribution in [-0.4, -0.2) is 12.6 Å². The first-order chi connectivity index (χ1) is 8.29. The molecule has 1 fully saturated rings. The van der Waals surface area contributed by atoms with Crippen LogP contribution in [0.15, 0.2) is 30.3 Å². The molecule has 1 aliphatic rings. The first-order valence-corrected chi connectivity index (χ1v) is 6.79. The Morgan fingerprint density at radius 2 is 2.00 bits per heavy atom. The van der Waals surface area contributed by atoms with E-state index in [0.29, 0.717) is 0 Å². The number of allylic oxidation sites excluding steroid dienone is 1. The third-order valence-electron chi connectivity index (χ3n) is 3.42. The van der Waals surface area contributed by atoms with E-state index < -0.39 is 0 Å². The van der Waals surface area contributed by atoms with Crippen LogP contribution in [0.4, 0.5) is 0 Å². The van der Waals surface area contributed by atoms with E-state index in [2.05, 4.69) is 49.5 Å². The lowest BCUT2D eigenvalue weighted by Gasteiger charge is -2.04. The van der Waals surface area contributed by atoms with Gasteiger partial charge in [-0.15, -0.1) is 0 Å². The van der Waals surface area contributed by atoms with Gasteiger partial charge in [-0.2, -0.15) is 0 Å². The molecule has 1 nitrogen and oxygen atoms in total. The topological polar surface area (TPSA) is 12.0 Å². The van der Waals surface area contributed by atoms with E-state index in [1.54, 1.807) is 0 Å². The highest BCUT2D eigenvalue weighted by Crippen LogP contribution is 2.19. The maximum absolute atomic E-state index is 3.54. The Kier molecular flexibility index (Phi) is 4.38. The summed E-state index contributed by atoms with van der Waals surface area (Å²) in [5.41, 5.74) is 4.16. The van der Waals surface area contributed by atoms with Crippen molar-refractivity contribution in [1.82, 2.24) is 5.32 Å². The molecule has 2 rings (SSSR count). The monoisotopic (exact) mass is 229 g/mol. The number of hydrogen-bond donors (Lipinski definition) is 1. The average Bonchev–Trinajstić information content (AvgIpc) is 3.18. The molecule has 1 aromatic carbocycles. The van der Waals surface area contributed by atoms with E-state index in [-0.39, 0.29) is 0 Å². The van der Waals surface area contributed by atoms with Gasteiger partial charge in [0.2, 0.25) is 0 Å². The smallest absolute Gasteiger partial charge is 0.00683 e. The normalized spacial score (nSPS) is 16.2. The molecule has 92 valence electrons. The molecule has 0 radical (unpaired) electrons. The van der Waals surface area contributed by atoms with Crippen molar-refractivity contribution in [2.75, 3.05) is 6.54 Å². The molecule has 1 aliphatic carbocycles. The zero-order valence-electron chi connectivity index (χ0n) is 11.0. The van der Waals surface area contributed by atoms with E-state index in [1.165, 1.54) is 29.5 Å². The molecule has 1 aromatic rings. The second-order valence-corrected chi connectivity index (χ2v) is 4.95. The summed E-state index contributed by atoms with van der Waals surface area (Å²) < 4.78 is 0. The molecule has 0 heterocycles. The van der Waals surface area contributed by atoms with Crippen LogP contribution in [0, 0.1) is 0 Å². The third-order valence-corrected chi connectivity index (χ3v) is 3.42. The zero-order chi connectivity index (χ0) is 12.1. The molecule has 17 heavy (non-hydrogen) atoms. The first-order valence-electron chi connectivity index (χ1n) is 6.79. The van der Waals surface area contributed by atoms with Crippen molar-refractivity contribution in [3.05, 3.63) is 41.5 Å². The molecule has 0 atom stereocenters. The number of rotatable bonds is 6. The lowest BCUT2D eigenvalue weighted by Crippen LogP contribution is -2.16. The summed E-state index contributed by atoms with van der Waals surface area (Å²) in [4.78, 5) is 0. The summed E-state index contributed by atoms with van der Waals surface area (Å²) in [6, 6.07) is 9.76. The Labute approximate surface area is 105 Å². The minimum Gasteiger partial charge on any atom is -0.314 e. The zero-order valence-corrected chi connectivity index (χ0v) is 11.0. The Bertz CT molecular complexity index is 371. The number of hydrogen-bond acceptors (Lipinski definition) is 1. The minimum absolute atomic E-state index is 0.826. The molecular formula is C16H23N. The van der Waals surface area contributed by atoms with Crippen LogP contribution in [0.3, 0.4) is 0 Å². The lowest BCUT2D eigenvalue weighted by molar-refractivity contribution is 0.690. The standard InChI is InChI=1S/C16H23N/c1-3-14-6-8-15(9-7-14)13(2)5-4-12-17-16-10-11-16/h5-9,16-17H,3-4,10-12H2,1-2H3. The molecule has 0 aromatic heterocycles. The summed E-state index contributed by atoms with van der Waals surface area (Å²) in [5.74, 6) is 0. The molecular weight excluding hydrogens is 206 g/mol. The molecule has 0 unspecified atom stereocenters. The van der Waals surface area contributed by atoms with Gasteiger partial charge in [0.25, 0.3) is 0 Å². The number of nitrogens with one attached hydrogen (secondary N) is 1. The van der Waals surface area contributed by atoms with Gasteiger partial charge < -0.3 is 5.32 Å². The second-order valence-electron chi connectivity index (χ2n) is 4.95. The molecule has 0 spiro atoms. The summed E-state index contributed by atoms with van der Waals surface area (Å²) >= 11 is 0. The Balaban J connectivity index is 1.83. The van der Waals surface area contributed by atoms with Crippen molar-refractivity contribution in [3.63, 3.8) is 0 Å². The van der Waals surface area contributed by atoms with Gasteiger partial charge in [-0.1, -0.05) is 37.3 Å². The molecule has 0 bridgehead atoms. The lowest BCUT2D eigenvalue weighted by atomic mass is 10.0. The number of benzene rings is 1. The van der Waals surface area contributed by atoms with Crippen molar-refractivity contribution >= 4 is 5.57 Å². The molecule has 1 N–H and O–H groups in total. The van der Waals surface area contributed by atoms with Gasteiger partial charge in [0, 0.05) is 6.04 Å². The maximum Gasteiger partial charge on any atom is 0.00683 e. The van der Waals surface area contributed by atoms with Gasteiger partial charge in [-0.05, 0) is 55.9 Å². The summed E-state index contributed by atoms with van der Waals surface area (Å²) in [6.07, 6.45) is 7.35. The van der Waals surface area contributed by atoms with E-state index in [4.69, 9.17) is 0 Å². The van der Waals surface area contributed by atoms with Crippen molar-refractivity contribution in [2.45, 2.75) is 45.6 Å². The average molecular weight is 229 g/mol. The summed E-state index contributed by atoms with van der Waals surface area (Å²) in [7, 11) is 0. The van der Waals surface area contributed by atoms with E-state index in [1.807, 2.05) is 0 Å². The molecule has 0 amide bonds. The maximum atomic E-state index is 3.54. The minimum atomic E-state index is 0.826. The fraction of sp³-hybridized carbons (Fsp3) is 0.500. The van der Waals surface area contributed by atoms with Crippen molar-refractivity contribution in [2.24, 2.45) is 0 Å². The molecule has 0 aliphatic heterocycles. The van der Waals surface area contributed by atoms with Gasteiger partial charge in [0.15, 0.2) is 0 Å². The van der Waals surface area contributed by atoms with Crippen molar-refractivity contribution in [3.8, 4) is 0 Å². The van der Waals surface area contributed by atoms with Crippen molar-refractivity contribution < 1.29 is 0 Å². The van der Waals surface area contributed by atoms with E-state index in [9.17, 15) is 0 Å². The van der Waals surface area contributed by atoms with Gasteiger partial charge in [-0.25, -0.2) is 0 Å². The predicted molar refractivity (Wildman–Crippen MR) is 75.1 cm³/mol. The molecule has 0 saturated heterocycles. The van der Waals surface area contributed by atoms with Crippen molar-refractivity contribution in [1.29, 1.82) is 0 Å². The van der Waals surface area contributed by atoms with Gasteiger partial charge in [0.1, 0.15) is 0 Å². The van der Waals surface area contributed by atoms with Gasteiger partial charge in [0.05, 0.1) is 0 Å². The van der Waals surface area contributed by atoms with Crippen LogP contribution < -0.4 is 5.32 Å². The first kappa shape index (κ1) is 12.4. The highest BCUT2D eigenvalue weighted by atomic mass is 14.9. The fourth-order valence-corrected chi connectivity index (χ4v) is 1.98. The fourth-order valence-electron chi connectivity index (χ4n) is 1.98. The SMILES string of the molecule is CCc1ccc(C(C)=CCCNC2CC2)cc1. The van der Waals surface area contributed by atoms with Crippen LogP contribution in [0.25, 0.3) is 5.57 Å². The summed E-state index contributed by atoms with van der Waals surface area (Å²) in [6.45, 7) is 5.52. The Morgan fingerprint density at radius 1 is 1.29 bits per heavy atom. The van der Waals surface area contributed by atoms with Crippen LogP contribution in [0.5, 0.6) is 0 Å². The Hall–Kier alpha value is -1.08. The quantitative estimate of drug-likeness (QED) is 0.732. The van der Waals surface area contributed by atoms with E-state index in [0.717, 1.165) is 25.4 Å². The number of aryl methyl sites for hydroxylation is 1. The second kappa shape index (κ2) is 6.02. The highest BCUT2D eigenvalue weighted by Gasteiger charge is 2.19. The van der Waals surface area contributed by atoms with Crippen LogP contribution in [0.2, 0.25) is 0 Å². The van der Waals surface area contributed by atoms with Gasteiger partial charge in [-0.3, -0.25) is 0 Å². The molecule has 1 heteroatoms. The van der Waals surface area contributed by atoms with Crippen LogP contribution in [0.1, 0.15) is 44.2 Å². The van der Waals surface area contributed by atoms with Gasteiger partial charge >= 0.3 is 0 Å². The van der Waals surface area contributed by atoms with Crippen LogP contribution in [-0.2, 0) is 6.42 Å².